The maximum atomic E-state index is 12.3. The van der Waals surface area contributed by atoms with E-state index in [0.717, 1.165) is 10.0 Å². The maximum Gasteiger partial charge on any atom is 0.246 e. The van der Waals surface area contributed by atoms with E-state index in [1.807, 2.05) is 24.3 Å². The standard InChI is InChI=1S/C13H19BrN2O2/c1-13(15,10-4-6-11(14)7-5-10)12(17)16(2)8-9-18-3/h4-7H,8-9,15H2,1-3H3. The predicted octanol–water partition coefficient (Wildman–Crippen LogP) is 1.73. The molecule has 100 valence electrons. The fourth-order valence-electron chi connectivity index (χ4n) is 1.65. The summed E-state index contributed by atoms with van der Waals surface area (Å²) in [5, 5.41) is 0. The largest absolute Gasteiger partial charge is 0.383 e. The van der Waals surface area contributed by atoms with Gasteiger partial charge in [0.05, 0.1) is 6.61 Å². The third kappa shape index (κ3) is 3.54. The number of methoxy groups -OCH3 is 1. The first-order chi connectivity index (χ1) is 8.39. The molecule has 0 heterocycles. The number of nitrogens with zero attached hydrogens (tertiary/aromatic N) is 1. The minimum Gasteiger partial charge on any atom is -0.383 e. The molecule has 18 heavy (non-hydrogen) atoms. The summed E-state index contributed by atoms with van der Waals surface area (Å²) in [4.78, 5) is 13.9. The van der Waals surface area contributed by atoms with Crippen molar-refractivity contribution in [3.63, 3.8) is 0 Å². The molecule has 1 rings (SSSR count). The van der Waals surface area contributed by atoms with E-state index in [0.29, 0.717) is 13.2 Å². The van der Waals surface area contributed by atoms with Crippen LogP contribution in [-0.2, 0) is 15.1 Å². The number of likely N-dealkylation sites (N-methyl/N-ethyl adjacent to an activating group) is 1. The lowest BCUT2D eigenvalue weighted by Crippen LogP contribution is -2.50. The molecule has 0 saturated carbocycles. The molecule has 0 aliphatic heterocycles. The van der Waals surface area contributed by atoms with E-state index < -0.39 is 5.54 Å². The van der Waals surface area contributed by atoms with Crippen molar-refractivity contribution >= 4 is 21.8 Å². The SMILES string of the molecule is COCCN(C)C(=O)C(C)(N)c1ccc(Br)cc1. The van der Waals surface area contributed by atoms with E-state index in [9.17, 15) is 4.79 Å². The molecule has 1 aromatic carbocycles. The van der Waals surface area contributed by atoms with Gasteiger partial charge in [0, 0.05) is 25.2 Å². The highest BCUT2D eigenvalue weighted by Gasteiger charge is 2.32. The average Bonchev–Trinajstić information content (AvgIpc) is 2.35. The normalized spacial score (nSPS) is 14.1. The minimum absolute atomic E-state index is 0.123. The van der Waals surface area contributed by atoms with Gasteiger partial charge in [-0.25, -0.2) is 0 Å². The second-order valence-corrected chi connectivity index (χ2v) is 5.34. The fourth-order valence-corrected chi connectivity index (χ4v) is 1.91. The number of ether oxygens (including phenoxy) is 1. The summed E-state index contributed by atoms with van der Waals surface area (Å²) >= 11 is 3.36. The van der Waals surface area contributed by atoms with Gasteiger partial charge in [0.1, 0.15) is 5.54 Å². The van der Waals surface area contributed by atoms with Gasteiger partial charge < -0.3 is 15.4 Å². The van der Waals surface area contributed by atoms with Crippen LogP contribution in [-0.4, -0.2) is 38.1 Å². The lowest BCUT2D eigenvalue weighted by Gasteiger charge is -2.29. The molecule has 0 aliphatic carbocycles. The number of hydrogen-bond acceptors (Lipinski definition) is 3. The zero-order valence-electron chi connectivity index (χ0n) is 10.9. The second kappa shape index (κ2) is 6.31. The molecular formula is C13H19BrN2O2. The molecule has 0 aromatic heterocycles. The van der Waals surface area contributed by atoms with Gasteiger partial charge in [0.15, 0.2) is 0 Å². The molecule has 4 nitrogen and oxygen atoms in total. The summed E-state index contributed by atoms with van der Waals surface area (Å²) in [5.41, 5.74) is 5.92. The zero-order valence-corrected chi connectivity index (χ0v) is 12.5. The average molecular weight is 315 g/mol. The van der Waals surface area contributed by atoms with Gasteiger partial charge in [-0.3, -0.25) is 4.79 Å². The topological polar surface area (TPSA) is 55.6 Å². The lowest BCUT2D eigenvalue weighted by atomic mass is 9.92. The summed E-state index contributed by atoms with van der Waals surface area (Å²) in [6.07, 6.45) is 0. The molecule has 2 N–H and O–H groups in total. The highest BCUT2D eigenvalue weighted by Crippen LogP contribution is 2.22. The molecule has 1 amide bonds. The van der Waals surface area contributed by atoms with Crippen molar-refractivity contribution in [3.05, 3.63) is 34.3 Å². The van der Waals surface area contributed by atoms with E-state index in [2.05, 4.69) is 15.9 Å². The Kier molecular flexibility index (Phi) is 5.31. The van der Waals surface area contributed by atoms with Crippen molar-refractivity contribution < 1.29 is 9.53 Å². The number of rotatable bonds is 5. The van der Waals surface area contributed by atoms with E-state index in [1.165, 1.54) is 0 Å². The second-order valence-electron chi connectivity index (χ2n) is 4.43. The molecule has 0 bridgehead atoms. The van der Waals surface area contributed by atoms with Gasteiger partial charge in [0.25, 0.3) is 0 Å². The third-order valence-electron chi connectivity index (χ3n) is 2.87. The Labute approximate surface area is 116 Å². The minimum atomic E-state index is -1.02. The lowest BCUT2D eigenvalue weighted by molar-refractivity contribution is -0.136. The number of carbonyl (C=O) groups excluding carboxylic acids is 1. The molecule has 0 saturated heterocycles. The molecule has 5 heteroatoms. The Bertz CT molecular complexity index is 404. The quantitative estimate of drug-likeness (QED) is 0.900. The molecule has 1 atom stereocenters. The Morgan fingerprint density at radius 1 is 1.44 bits per heavy atom. The van der Waals surface area contributed by atoms with E-state index in [1.54, 1.807) is 26.0 Å². The van der Waals surface area contributed by atoms with Crippen molar-refractivity contribution in [2.75, 3.05) is 27.3 Å². The van der Waals surface area contributed by atoms with Crippen LogP contribution < -0.4 is 5.73 Å². The van der Waals surface area contributed by atoms with Crippen LogP contribution in [0.15, 0.2) is 28.7 Å². The van der Waals surface area contributed by atoms with Crippen LogP contribution in [0.1, 0.15) is 12.5 Å². The van der Waals surface area contributed by atoms with Gasteiger partial charge in [-0.2, -0.15) is 0 Å². The van der Waals surface area contributed by atoms with Gasteiger partial charge in [-0.1, -0.05) is 28.1 Å². The maximum absolute atomic E-state index is 12.3. The summed E-state index contributed by atoms with van der Waals surface area (Å²) in [5.74, 6) is -0.123. The zero-order chi connectivity index (χ0) is 13.8. The van der Waals surface area contributed by atoms with Gasteiger partial charge in [-0.05, 0) is 24.6 Å². The van der Waals surface area contributed by atoms with Crippen molar-refractivity contribution in [3.8, 4) is 0 Å². The van der Waals surface area contributed by atoms with Crippen molar-refractivity contribution in [2.24, 2.45) is 5.73 Å². The first-order valence-corrected chi connectivity index (χ1v) is 6.48. The Morgan fingerprint density at radius 3 is 2.50 bits per heavy atom. The Balaban J connectivity index is 2.84. The first kappa shape index (κ1) is 15.1. The summed E-state index contributed by atoms with van der Waals surface area (Å²) in [6, 6.07) is 7.46. The van der Waals surface area contributed by atoms with Crippen LogP contribution >= 0.6 is 15.9 Å². The summed E-state index contributed by atoms with van der Waals surface area (Å²) in [6.45, 7) is 2.75. The molecule has 0 radical (unpaired) electrons. The number of carbonyl (C=O) groups is 1. The summed E-state index contributed by atoms with van der Waals surface area (Å²) in [7, 11) is 3.33. The molecule has 1 unspecified atom stereocenters. The van der Waals surface area contributed by atoms with Crippen molar-refractivity contribution in [1.82, 2.24) is 4.90 Å². The smallest absolute Gasteiger partial charge is 0.246 e. The van der Waals surface area contributed by atoms with E-state index in [-0.39, 0.29) is 5.91 Å². The highest BCUT2D eigenvalue weighted by atomic mass is 79.9. The van der Waals surface area contributed by atoms with Crippen LogP contribution in [0.2, 0.25) is 0 Å². The number of halogens is 1. The Hall–Kier alpha value is -0.910. The van der Waals surface area contributed by atoms with Crippen LogP contribution in [0.4, 0.5) is 0 Å². The van der Waals surface area contributed by atoms with E-state index in [4.69, 9.17) is 10.5 Å². The van der Waals surface area contributed by atoms with Crippen molar-refractivity contribution in [1.29, 1.82) is 0 Å². The predicted molar refractivity (Wildman–Crippen MR) is 75.2 cm³/mol. The monoisotopic (exact) mass is 314 g/mol. The van der Waals surface area contributed by atoms with Gasteiger partial charge in [-0.15, -0.1) is 0 Å². The number of amides is 1. The number of benzene rings is 1. The van der Waals surface area contributed by atoms with Crippen LogP contribution in [0.25, 0.3) is 0 Å². The molecule has 0 fully saturated rings. The molecule has 0 aliphatic rings. The Morgan fingerprint density at radius 2 is 2.00 bits per heavy atom. The fraction of sp³-hybridized carbons (Fsp3) is 0.462. The summed E-state index contributed by atoms with van der Waals surface area (Å²) < 4.78 is 5.92. The van der Waals surface area contributed by atoms with Crippen LogP contribution in [0.5, 0.6) is 0 Å². The van der Waals surface area contributed by atoms with Gasteiger partial charge in [0.2, 0.25) is 5.91 Å². The number of nitrogens with two attached hydrogens (primary N) is 1. The molecule has 0 spiro atoms. The van der Waals surface area contributed by atoms with Crippen LogP contribution in [0.3, 0.4) is 0 Å². The van der Waals surface area contributed by atoms with Gasteiger partial charge >= 0.3 is 0 Å². The highest BCUT2D eigenvalue weighted by molar-refractivity contribution is 9.10. The van der Waals surface area contributed by atoms with E-state index >= 15 is 0 Å². The molecular weight excluding hydrogens is 296 g/mol. The molecule has 1 aromatic rings. The van der Waals surface area contributed by atoms with Crippen LogP contribution in [0, 0.1) is 0 Å². The number of hydrogen-bond donors (Lipinski definition) is 1. The third-order valence-corrected chi connectivity index (χ3v) is 3.39. The first-order valence-electron chi connectivity index (χ1n) is 5.69. The van der Waals surface area contributed by atoms with Crippen molar-refractivity contribution in [2.45, 2.75) is 12.5 Å².